The van der Waals surface area contributed by atoms with Crippen molar-refractivity contribution in [1.29, 1.82) is 0 Å². The van der Waals surface area contributed by atoms with Crippen LogP contribution in [0.5, 0.6) is 0 Å². The van der Waals surface area contributed by atoms with E-state index in [9.17, 15) is 13.6 Å². The Labute approximate surface area is 85.0 Å². The number of hydrogen-bond acceptors (Lipinski definition) is 2. The second kappa shape index (κ2) is 4.84. The molecule has 0 saturated heterocycles. The topological polar surface area (TPSA) is 57.5 Å². The first-order valence-electron chi connectivity index (χ1n) is 4.38. The molecule has 1 rings (SSSR count). The molecule has 0 unspecified atom stereocenters. The number of aliphatic hydroxyl groups is 1. The van der Waals surface area contributed by atoms with Crippen molar-refractivity contribution in [2.24, 2.45) is 0 Å². The lowest BCUT2D eigenvalue weighted by Gasteiger charge is -2.04. The maximum absolute atomic E-state index is 13.1. The summed E-state index contributed by atoms with van der Waals surface area (Å²) in [5.74, 6) is -3.31. The minimum atomic E-state index is -1.43. The number of carboxylic acids is 1. The van der Waals surface area contributed by atoms with Crippen LogP contribution in [0, 0.1) is 11.6 Å². The first-order chi connectivity index (χ1) is 7.06. The van der Waals surface area contributed by atoms with Gasteiger partial charge in [-0.15, -0.1) is 0 Å². The Bertz CT molecular complexity index is 377. The molecule has 0 aliphatic heterocycles. The number of rotatable bonds is 4. The Hall–Kier alpha value is -1.49. The van der Waals surface area contributed by atoms with Crippen molar-refractivity contribution >= 4 is 5.97 Å². The average molecular weight is 216 g/mol. The molecule has 0 heterocycles. The first kappa shape index (κ1) is 11.6. The van der Waals surface area contributed by atoms with Gasteiger partial charge < -0.3 is 10.2 Å². The summed E-state index contributed by atoms with van der Waals surface area (Å²) in [4.78, 5) is 10.5. The van der Waals surface area contributed by atoms with Gasteiger partial charge in [0.15, 0.2) is 0 Å². The van der Waals surface area contributed by atoms with Crippen LogP contribution in [0.4, 0.5) is 8.78 Å². The summed E-state index contributed by atoms with van der Waals surface area (Å²) < 4.78 is 26.0. The number of benzene rings is 1. The third kappa shape index (κ3) is 2.73. The summed E-state index contributed by atoms with van der Waals surface area (Å²) in [6, 6.07) is 1.51. The molecule has 15 heavy (non-hydrogen) atoms. The van der Waals surface area contributed by atoms with Crippen LogP contribution in [0.25, 0.3) is 0 Å². The fourth-order valence-corrected chi connectivity index (χ4v) is 1.22. The third-order valence-electron chi connectivity index (χ3n) is 1.97. The van der Waals surface area contributed by atoms with Crippen molar-refractivity contribution in [3.05, 3.63) is 34.9 Å². The zero-order chi connectivity index (χ0) is 11.4. The monoisotopic (exact) mass is 216 g/mol. The van der Waals surface area contributed by atoms with Gasteiger partial charge in [-0.3, -0.25) is 0 Å². The summed E-state index contributed by atoms with van der Waals surface area (Å²) in [5, 5.41) is 17.1. The fraction of sp³-hybridized carbons (Fsp3) is 0.300. The van der Waals surface area contributed by atoms with Gasteiger partial charge in [0.1, 0.15) is 11.6 Å². The molecule has 0 aliphatic carbocycles. The predicted molar refractivity (Wildman–Crippen MR) is 48.7 cm³/mol. The summed E-state index contributed by atoms with van der Waals surface area (Å²) in [7, 11) is 0. The van der Waals surface area contributed by atoms with Crippen LogP contribution in [0.1, 0.15) is 22.3 Å². The highest BCUT2D eigenvalue weighted by Gasteiger charge is 2.14. The van der Waals surface area contributed by atoms with Crippen LogP contribution >= 0.6 is 0 Å². The van der Waals surface area contributed by atoms with Gasteiger partial charge >= 0.3 is 5.97 Å². The van der Waals surface area contributed by atoms with E-state index in [1.807, 2.05) is 0 Å². The summed E-state index contributed by atoms with van der Waals surface area (Å²) >= 11 is 0. The standard InChI is InChI=1S/C10H10F2O3/c11-8-5-9(12)7(10(14)15)4-6(8)2-1-3-13/h4-5,13H,1-3H2,(H,14,15). The molecular weight excluding hydrogens is 206 g/mol. The zero-order valence-corrected chi connectivity index (χ0v) is 7.83. The molecule has 0 aliphatic rings. The van der Waals surface area contributed by atoms with Crippen LogP contribution < -0.4 is 0 Å². The molecule has 0 fully saturated rings. The molecule has 1 aromatic rings. The van der Waals surface area contributed by atoms with E-state index in [1.54, 1.807) is 0 Å². The quantitative estimate of drug-likeness (QED) is 0.803. The molecule has 0 aromatic heterocycles. The molecule has 0 spiro atoms. The highest BCUT2D eigenvalue weighted by molar-refractivity contribution is 5.88. The Balaban J connectivity index is 3.06. The van der Waals surface area contributed by atoms with E-state index in [1.165, 1.54) is 0 Å². The van der Waals surface area contributed by atoms with Gasteiger partial charge in [0.2, 0.25) is 0 Å². The number of aromatic carboxylic acids is 1. The molecule has 0 saturated carbocycles. The zero-order valence-electron chi connectivity index (χ0n) is 7.83. The number of halogens is 2. The van der Waals surface area contributed by atoms with Gasteiger partial charge in [0.25, 0.3) is 0 Å². The number of aryl methyl sites for hydroxylation is 1. The van der Waals surface area contributed by atoms with E-state index in [0.717, 1.165) is 6.07 Å². The van der Waals surface area contributed by atoms with Crippen molar-refractivity contribution in [1.82, 2.24) is 0 Å². The van der Waals surface area contributed by atoms with E-state index in [0.29, 0.717) is 12.5 Å². The smallest absolute Gasteiger partial charge is 0.338 e. The molecule has 0 bridgehead atoms. The normalized spacial score (nSPS) is 10.3. The van der Waals surface area contributed by atoms with E-state index in [-0.39, 0.29) is 18.6 Å². The lowest BCUT2D eigenvalue weighted by molar-refractivity contribution is 0.0691. The number of aliphatic hydroxyl groups excluding tert-OH is 1. The van der Waals surface area contributed by atoms with Crippen molar-refractivity contribution in [2.75, 3.05) is 6.61 Å². The largest absolute Gasteiger partial charge is 0.478 e. The number of carboxylic acid groups (broad SMARTS) is 1. The fourth-order valence-electron chi connectivity index (χ4n) is 1.22. The van der Waals surface area contributed by atoms with Crippen LogP contribution in [0.15, 0.2) is 12.1 Å². The van der Waals surface area contributed by atoms with E-state index < -0.39 is 23.2 Å². The van der Waals surface area contributed by atoms with Crippen molar-refractivity contribution in [3.8, 4) is 0 Å². The maximum Gasteiger partial charge on any atom is 0.338 e. The van der Waals surface area contributed by atoms with Gasteiger partial charge in [-0.2, -0.15) is 0 Å². The van der Waals surface area contributed by atoms with Crippen molar-refractivity contribution < 1.29 is 23.8 Å². The average Bonchev–Trinajstić information content (AvgIpc) is 2.16. The molecular formula is C10H10F2O3. The second-order valence-corrected chi connectivity index (χ2v) is 3.06. The second-order valence-electron chi connectivity index (χ2n) is 3.06. The minimum absolute atomic E-state index is 0.0999. The van der Waals surface area contributed by atoms with Crippen molar-refractivity contribution in [3.63, 3.8) is 0 Å². The van der Waals surface area contributed by atoms with Gasteiger partial charge in [0, 0.05) is 12.7 Å². The van der Waals surface area contributed by atoms with Crippen LogP contribution in [-0.2, 0) is 6.42 Å². The van der Waals surface area contributed by atoms with Crippen LogP contribution in [0.3, 0.4) is 0 Å². The predicted octanol–water partition coefficient (Wildman–Crippen LogP) is 1.59. The number of carbonyl (C=O) groups is 1. The van der Waals surface area contributed by atoms with E-state index in [2.05, 4.69) is 0 Å². The van der Waals surface area contributed by atoms with Crippen LogP contribution in [-0.4, -0.2) is 22.8 Å². The van der Waals surface area contributed by atoms with E-state index in [4.69, 9.17) is 10.2 Å². The molecule has 2 N–H and O–H groups in total. The molecule has 5 heteroatoms. The molecule has 0 radical (unpaired) electrons. The van der Waals surface area contributed by atoms with Gasteiger partial charge in [-0.25, -0.2) is 13.6 Å². The summed E-state index contributed by atoms with van der Waals surface area (Å²) in [6.45, 7) is -0.126. The van der Waals surface area contributed by atoms with Crippen molar-refractivity contribution in [2.45, 2.75) is 12.8 Å². The molecule has 82 valence electrons. The Kier molecular flexibility index (Phi) is 3.74. The lowest BCUT2D eigenvalue weighted by atomic mass is 10.1. The molecule has 0 amide bonds. The minimum Gasteiger partial charge on any atom is -0.478 e. The Morgan fingerprint density at radius 1 is 1.27 bits per heavy atom. The third-order valence-corrected chi connectivity index (χ3v) is 1.97. The SMILES string of the molecule is O=C(O)c1cc(CCCO)c(F)cc1F. The molecule has 0 atom stereocenters. The Morgan fingerprint density at radius 2 is 1.93 bits per heavy atom. The van der Waals surface area contributed by atoms with Gasteiger partial charge in [0.05, 0.1) is 5.56 Å². The number of hydrogen-bond donors (Lipinski definition) is 2. The lowest BCUT2D eigenvalue weighted by Crippen LogP contribution is -2.04. The van der Waals surface area contributed by atoms with E-state index >= 15 is 0 Å². The van der Waals surface area contributed by atoms with Gasteiger partial charge in [-0.1, -0.05) is 0 Å². The highest BCUT2D eigenvalue weighted by Crippen LogP contribution is 2.16. The summed E-state index contributed by atoms with van der Waals surface area (Å²) in [6.07, 6.45) is 0.491. The Morgan fingerprint density at radius 3 is 2.47 bits per heavy atom. The maximum atomic E-state index is 13.1. The highest BCUT2D eigenvalue weighted by atomic mass is 19.1. The molecule has 3 nitrogen and oxygen atoms in total. The van der Waals surface area contributed by atoms with Crippen LogP contribution in [0.2, 0.25) is 0 Å². The summed E-state index contributed by atoms with van der Waals surface area (Å²) in [5.41, 5.74) is -0.452. The first-order valence-corrected chi connectivity index (χ1v) is 4.38. The van der Waals surface area contributed by atoms with Gasteiger partial charge in [-0.05, 0) is 24.5 Å². The molecule has 1 aromatic carbocycles.